The fraction of sp³-hybridized carbons (Fsp3) is 0.429. The molecule has 2 N–H and O–H groups in total. The van der Waals surface area contributed by atoms with E-state index in [4.69, 9.17) is 10.1 Å². The first-order chi connectivity index (χ1) is 18.1. The summed E-state index contributed by atoms with van der Waals surface area (Å²) >= 11 is 0. The number of pyridine rings is 1. The van der Waals surface area contributed by atoms with Gasteiger partial charge in [0.05, 0.1) is 30.8 Å². The molecule has 0 aromatic carbocycles. The molecule has 2 aromatic rings. The van der Waals surface area contributed by atoms with Crippen LogP contribution in [0.25, 0.3) is 0 Å². The molecule has 0 radical (unpaired) electrons. The Kier molecular flexibility index (Phi) is 6.38. The zero-order chi connectivity index (χ0) is 25.2. The van der Waals surface area contributed by atoms with Gasteiger partial charge in [-0.1, -0.05) is 24.0 Å². The normalized spacial score (nSPS) is 25.2. The van der Waals surface area contributed by atoms with E-state index in [1.807, 2.05) is 30.5 Å². The monoisotopic (exact) mass is 497 g/mol. The number of nitrogens with one attached hydrogen (secondary N) is 2. The molecule has 4 aliphatic rings. The Hall–Kier alpha value is -3.72. The molecule has 2 aromatic heterocycles. The third-order valence-corrected chi connectivity index (χ3v) is 7.63. The number of carbonyl (C=O) groups excluding carboxylic acids is 1. The molecular formula is C28H33N8O+. The number of nitrogens with zero attached hydrogens (tertiary/aromatic N) is 6. The molecule has 2 fully saturated rings. The van der Waals surface area contributed by atoms with Crippen LogP contribution in [0.3, 0.4) is 0 Å². The van der Waals surface area contributed by atoms with Crippen molar-refractivity contribution in [2.45, 2.75) is 56.9 Å². The predicted molar refractivity (Wildman–Crippen MR) is 144 cm³/mol. The summed E-state index contributed by atoms with van der Waals surface area (Å²) in [6, 6.07) is 3.92. The average molecular weight is 498 g/mol. The van der Waals surface area contributed by atoms with Gasteiger partial charge in [-0.05, 0) is 50.3 Å². The van der Waals surface area contributed by atoms with Crippen LogP contribution in [-0.4, -0.2) is 57.0 Å². The minimum Gasteiger partial charge on any atom is -0.351 e. The molecule has 2 aliphatic heterocycles. The van der Waals surface area contributed by atoms with E-state index in [1.165, 1.54) is 32.0 Å². The second-order valence-corrected chi connectivity index (χ2v) is 10.6. The number of dihydropyridines is 1. The fourth-order valence-electron chi connectivity index (χ4n) is 5.50. The molecule has 4 heterocycles. The van der Waals surface area contributed by atoms with Crippen molar-refractivity contribution in [1.29, 1.82) is 0 Å². The van der Waals surface area contributed by atoms with E-state index < -0.39 is 0 Å². The lowest BCUT2D eigenvalue weighted by Gasteiger charge is -2.29. The van der Waals surface area contributed by atoms with E-state index in [0.717, 1.165) is 43.0 Å². The largest absolute Gasteiger partial charge is 0.351 e. The van der Waals surface area contributed by atoms with Crippen LogP contribution in [0, 0.1) is 5.92 Å². The molecule has 9 nitrogen and oxygen atoms in total. The second-order valence-electron chi connectivity index (χ2n) is 10.6. The van der Waals surface area contributed by atoms with Gasteiger partial charge in [0.15, 0.2) is 5.69 Å². The van der Waals surface area contributed by atoms with E-state index >= 15 is 0 Å². The number of amides is 1. The quantitative estimate of drug-likeness (QED) is 0.524. The van der Waals surface area contributed by atoms with E-state index in [-0.39, 0.29) is 11.9 Å². The molecule has 190 valence electrons. The zero-order valence-electron chi connectivity index (χ0n) is 21.2. The van der Waals surface area contributed by atoms with Crippen molar-refractivity contribution in [2.24, 2.45) is 16.0 Å². The van der Waals surface area contributed by atoms with Crippen LogP contribution in [0.2, 0.25) is 0 Å². The highest BCUT2D eigenvalue weighted by atomic mass is 16.2. The summed E-state index contributed by atoms with van der Waals surface area (Å²) in [5, 5.41) is 11.6. The van der Waals surface area contributed by atoms with Crippen molar-refractivity contribution in [3.8, 4) is 0 Å². The van der Waals surface area contributed by atoms with Gasteiger partial charge < -0.3 is 5.32 Å². The Bertz CT molecular complexity index is 1290. The highest BCUT2D eigenvalue weighted by molar-refractivity contribution is 6.04. The maximum atomic E-state index is 13.8. The smallest absolute Gasteiger partial charge is 0.280 e. The Balaban J connectivity index is 1.29. The van der Waals surface area contributed by atoms with Crippen molar-refractivity contribution in [1.82, 2.24) is 20.3 Å². The first-order valence-corrected chi connectivity index (χ1v) is 13.3. The Morgan fingerprint density at radius 3 is 2.65 bits per heavy atom. The molecule has 9 heteroatoms. The molecule has 1 amide bonds. The number of hydrogen-bond donors (Lipinski definition) is 2. The van der Waals surface area contributed by atoms with E-state index in [2.05, 4.69) is 38.7 Å². The summed E-state index contributed by atoms with van der Waals surface area (Å²) in [7, 11) is 2.09. The molecule has 37 heavy (non-hydrogen) atoms. The Morgan fingerprint density at radius 2 is 1.92 bits per heavy atom. The highest BCUT2D eigenvalue weighted by Crippen LogP contribution is 2.40. The van der Waals surface area contributed by atoms with E-state index in [1.54, 1.807) is 12.4 Å². The van der Waals surface area contributed by atoms with Crippen molar-refractivity contribution in [3.05, 3.63) is 66.3 Å². The summed E-state index contributed by atoms with van der Waals surface area (Å²) in [4.78, 5) is 31.4. The summed E-state index contributed by atoms with van der Waals surface area (Å²) in [6.45, 7) is 0.865. The van der Waals surface area contributed by atoms with Gasteiger partial charge in [-0.15, -0.1) is 0 Å². The van der Waals surface area contributed by atoms with Gasteiger partial charge in [-0.25, -0.2) is 15.0 Å². The molecule has 2 aliphatic carbocycles. The molecule has 0 saturated heterocycles. The SMILES string of the molecule is C[N+]1(CC2CCCC2)N=C(C2CC=CC=N2)C=C1NC(=O)c1nc(C2CC2)ccc1Nc1cncnc1. The third kappa shape index (κ3) is 5.22. The summed E-state index contributed by atoms with van der Waals surface area (Å²) < 4.78 is 0.332. The topological polar surface area (TPSA) is 105 Å². The maximum Gasteiger partial charge on any atom is 0.280 e. The number of quaternary nitrogens is 1. The number of aromatic nitrogens is 3. The molecule has 6 rings (SSSR count). The van der Waals surface area contributed by atoms with Crippen LogP contribution in [0.1, 0.15) is 67.0 Å². The predicted octanol–water partition coefficient (Wildman–Crippen LogP) is 4.47. The number of aliphatic imine (C=N–C) groups is 1. The van der Waals surface area contributed by atoms with E-state index in [9.17, 15) is 4.79 Å². The lowest BCUT2D eigenvalue weighted by atomic mass is 10.1. The van der Waals surface area contributed by atoms with Crippen LogP contribution in [0.15, 0.2) is 65.0 Å². The second kappa shape index (κ2) is 9.97. The first-order valence-electron chi connectivity index (χ1n) is 13.3. The average Bonchev–Trinajstić information content (AvgIpc) is 3.56. The molecular weight excluding hydrogens is 464 g/mol. The number of rotatable bonds is 8. The number of anilines is 2. The van der Waals surface area contributed by atoms with Gasteiger partial charge in [0.2, 0.25) is 5.82 Å². The molecule has 2 saturated carbocycles. The van der Waals surface area contributed by atoms with Crippen LogP contribution in [-0.2, 0) is 0 Å². The van der Waals surface area contributed by atoms with Gasteiger partial charge in [-0.3, -0.25) is 15.1 Å². The number of hydrogen-bond acceptors (Lipinski definition) is 7. The number of allylic oxidation sites excluding steroid dienone is 1. The number of carbonyl (C=O) groups is 1. The maximum absolute atomic E-state index is 13.8. The van der Waals surface area contributed by atoms with Gasteiger partial charge >= 0.3 is 0 Å². The minimum atomic E-state index is -0.243. The van der Waals surface area contributed by atoms with Gasteiger partial charge in [0.1, 0.15) is 24.6 Å². The standard InChI is InChI=1S/C28H32N8O/c1-36(17-19-6-2-3-7-19)26(14-25(35-36)23-8-4-5-13-31-23)34-28(37)27-24(32-21-15-29-18-30-16-21)12-11-22(33-27)20-9-10-20/h4-5,11-16,18-20,23H,2-3,6-10,17H2,1H3,(H-,32,34,35,37)/p+1. The molecule has 0 spiro atoms. The Morgan fingerprint density at radius 1 is 1.11 bits per heavy atom. The fourth-order valence-corrected chi connectivity index (χ4v) is 5.50. The highest BCUT2D eigenvalue weighted by Gasteiger charge is 2.41. The Labute approximate surface area is 217 Å². The lowest BCUT2D eigenvalue weighted by Crippen LogP contribution is -2.46. The van der Waals surface area contributed by atoms with Crippen LogP contribution < -0.4 is 10.6 Å². The molecule has 0 bridgehead atoms. The van der Waals surface area contributed by atoms with Crippen molar-refractivity contribution in [2.75, 3.05) is 18.9 Å². The summed E-state index contributed by atoms with van der Waals surface area (Å²) in [5.41, 5.74) is 3.57. The van der Waals surface area contributed by atoms with E-state index in [0.29, 0.717) is 33.5 Å². The van der Waals surface area contributed by atoms with Crippen molar-refractivity contribution >= 4 is 29.2 Å². The minimum absolute atomic E-state index is 0.0212. The van der Waals surface area contributed by atoms with Gasteiger partial charge in [-0.2, -0.15) is 4.59 Å². The first kappa shape index (κ1) is 23.7. The van der Waals surface area contributed by atoms with Crippen LogP contribution in [0.5, 0.6) is 0 Å². The molecule has 2 unspecified atom stereocenters. The van der Waals surface area contributed by atoms with Gasteiger partial charge in [0, 0.05) is 29.8 Å². The summed E-state index contributed by atoms with van der Waals surface area (Å²) in [5.74, 6) is 1.56. The van der Waals surface area contributed by atoms with Crippen LogP contribution >= 0.6 is 0 Å². The van der Waals surface area contributed by atoms with Crippen molar-refractivity contribution < 1.29 is 9.39 Å². The summed E-state index contributed by atoms with van der Waals surface area (Å²) in [6.07, 6.45) is 20.8. The third-order valence-electron chi connectivity index (χ3n) is 7.63. The zero-order valence-corrected chi connectivity index (χ0v) is 21.2. The van der Waals surface area contributed by atoms with Gasteiger partial charge in [0.25, 0.3) is 5.91 Å². The van der Waals surface area contributed by atoms with Crippen LogP contribution in [0.4, 0.5) is 11.4 Å². The molecule has 2 atom stereocenters. The lowest BCUT2D eigenvalue weighted by molar-refractivity contribution is -0.882. The van der Waals surface area contributed by atoms with Crippen molar-refractivity contribution in [3.63, 3.8) is 0 Å².